The Labute approximate surface area is 162 Å². The summed E-state index contributed by atoms with van der Waals surface area (Å²) in [7, 11) is 0. The third-order valence-electron chi connectivity index (χ3n) is 3.77. The third kappa shape index (κ3) is 5.80. The van der Waals surface area contributed by atoms with E-state index < -0.39 is 0 Å². The maximum absolute atomic E-state index is 12.3. The van der Waals surface area contributed by atoms with Crippen LogP contribution in [0.3, 0.4) is 0 Å². The molecule has 8 heteroatoms. The zero-order chi connectivity index (χ0) is 17.5. The van der Waals surface area contributed by atoms with Gasteiger partial charge < -0.3 is 10.6 Å². The van der Waals surface area contributed by atoms with Gasteiger partial charge in [0.25, 0.3) is 11.8 Å². The molecule has 0 unspecified atom stereocenters. The van der Waals surface area contributed by atoms with Gasteiger partial charge in [-0.05, 0) is 37.6 Å². The standard InChI is InChI=1S/C17H22BrN3O3.ClH/c1-2-7-19-8-9-20-15(22)4-3-10-21-16(23)13-6-5-12(18)11-14(13)17(21)24;/h5-6,11,19H,2-4,7-10H2,1H3,(H,20,22);1H. The van der Waals surface area contributed by atoms with E-state index in [4.69, 9.17) is 0 Å². The highest BCUT2D eigenvalue weighted by Gasteiger charge is 2.35. The van der Waals surface area contributed by atoms with Crippen LogP contribution in [0.1, 0.15) is 46.9 Å². The van der Waals surface area contributed by atoms with Crippen LogP contribution in [0.25, 0.3) is 0 Å². The van der Waals surface area contributed by atoms with Gasteiger partial charge in [0.1, 0.15) is 0 Å². The number of amides is 3. The van der Waals surface area contributed by atoms with Crippen molar-refractivity contribution in [1.29, 1.82) is 0 Å². The molecule has 25 heavy (non-hydrogen) atoms. The Kier molecular flexibility index (Phi) is 9.10. The molecule has 0 saturated carbocycles. The largest absolute Gasteiger partial charge is 0.355 e. The van der Waals surface area contributed by atoms with E-state index in [1.807, 2.05) is 0 Å². The summed E-state index contributed by atoms with van der Waals surface area (Å²) in [5, 5.41) is 6.02. The molecule has 1 heterocycles. The first-order valence-corrected chi connectivity index (χ1v) is 8.97. The highest BCUT2D eigenvalue weighted by atomic mass is 79.9. The minimum Gasteiger partial charge on any atom is -0.355 e. The van der Waals surface area contributed by atoms with Crippen LogP contribution >= 0.6 is 28.3 Å². The summed E-state index contributed by atoms with van der Waals surface area (Å²) in [4.78, 5) is 37.5. The van der Waals surface area contributed by atoms with E-state index in [1.165, 1.54) is 4.90 Å². The molecular weight excluding hydrogens is 410 g/mol. The molecule has 6 nitrogen and oxygen atoms in total. The molecule has 1 aromatic rings. The number of nitrogens with zero attached hydrogens (tertiary/aromatic N) is 1. The van der Waals surface area contributed by atoms with E-state index in [-0.39, 0.29) is 36.7 Å². The van der Waals surface area contributed by atoms with Crippen LogP contribution < -0.4 is 10.6 Å². The summed E-state index contributed by atoms with van der Waals surface area (Å²) in [6.45, 7) is 4.60. The van der Waals surface area contributed by atoms with Gasteiger partial charge >= 0.3 is 0 Å². The molecule has 0 aromatic heterocycles. The van der Waals surface area contributed by atoms with E-state index in [0.29, 0.717) is 30.5 Å². The van der Waals surface area contributed by atoms with E-state index in [2.05, 4.69) is 33.5 Å². The fourth-order valence-electron chi connectivity index (χ4n) is 2.54. The lowest BCUT2D eigenvalue weighted by Crippen LogP contribution is -2.34. The number of rotatable bonds is 9. The lowest BCUT2D eigenvalue weighted by atomic mass is 10.1. The zero-order valence-corrected chi connectivity index (χ0v) is 16.5. The Morgan fingerprint density at radius 2 is 1.84 bits per heavy atom. The SMILES string of the molecule is CCCNCCNC(=O)CCCN1C(=O)c2ccc(Br)cc2C1=O.Cl. The number of nitrogens with one attached hydrogen (secondary N) is 2. The van der Waals surface area contributed by atoms with E-state index in [9.17, 15) is 14.4 Å². The fraction of sp³-hybridized carbons (Fsp3) is 0.471. The van der Waals surface area contributed by atoms with Crippen molar-refractivity contribution < 1.29 is 14.4 Å². The molecule has 3 amide bonds. The Hall–Kier alpha value is -1.44. The summed E-state index contributed by atoms with van der Waals surface area (Å²) in [5.74, 6) is -0.639. The number of hydrogen-bond acceptors (Lipinski definition) is 4. The molecule has 0 spiro atoms. The van der Waals surface area contributed by atoms with Crippen LogP contribution in [0, 0.1) is 0 Å². The second-order valence-corrected chi connectivity index (χ2v) is 6.57. The molecule has 0 saturated heterocycles. The van der Waals surface area contributed by atoms with Crippen LogP contribution in [0.4, 0.5) is 0 Å². The Morgan fingerprint density at radius 1 is 1.12 bits per heavy atom. The van der Waals surface area contributed by atoms with Crippen molar-refractivity contribution in [2.45, 2.75) is 26.2 Å². The van der Waals surface area contributed by atoms with Gasteiger partial charge in [0.2, 0.25) is 5.91 Å². The molecule has 2 N–H and O–H groups in total. The first-order valence-electron chi connectivity index (χ1n) is 8.17. The van der Waals surface area contributed by atoms with Crippen LogP contribution in [-0.2, 0) is 4.79 Å². The van der Waals surface area contributed by atoms with Gasteiger partial charge in [-0.2, -0.15) is 0 Å². The topological polar surface area (TPSA) is 78.5 Å². The van der Waals surface area contributed by atoms with Crippen LogP contribution in [0.5, 0.6) is 0 Å². The first-order chi connectivity index (χ1) is 11.5. The zero-order valence-electron chi connectivity index (χ0n) is 14.1. The number of carbonyl (C=O) groups excluding carboxylic acids is 3. The van der Waals surface area contributed by atoms with Crippen molar-refractivity contribution >= 4 is 46.1 Å². The molecule has 0 fully saturated rings. The predicted octanol–water partition coefficient (Wildman–Crippen LogP) is 2.36. The lowest BCUT2D eigenvalue weighted by Gasteiger charge is -2.13. The van der Waals surface area contributed by atoms with E-state index >= 15 is 0 Å². The van der Waals surface area contributed by atoms with Gasteiger partial charge in [-0.3, -0.25) is 19.3 Å². The Balaban J connectivity index is 0.00000312. The molecule has 0 radical (unpaired) electrons. The summed E-state index contributed by atoms with van der Waals surface area (Å²) in [6, 6.07) is 5.05. The smallest absolute Gasteiger partial charge is 0.261 e. The predicted molar refractivity (Wildman–Crippen MR) is 102 cm³/mol. The summed E-state index contributed by atoms with van der Waals surface area (Å²) in [6.07, 6.45) is 1.82. The minimum atomic E-state index is -0.291. The maximum atomic E-state index is 12.3. The average Bonchev–Trinajstić information content (AvgIpc) is 2.79. The molecule has 0 aliphatic carbocycles. The number of benzene rings is 1. The number of imide groups is 1. The highest BCUT2D eigenvalue weighted by Crippen LogP contribution is 2.26. The van der Waals surface area contributed by atoms with Crippen LogP contribution in [0.2, 0.25) is 0 Å². The molecule has 1 aromatic carbocycles. The normalized spacial score (nSPS) is 12.8. The minimum absolute atomic E-state index is 0. The van der Waals surface area contributed by atoms with Crippen molar-refractivity contribution in [2.75, 3.05) is 26.2 Å². The molecule has 138 valence electrons. The van der Waals surface area contributed by atoms with Crippen molar-refractivity contribution in [3.63, 3.8) is 0 Å². The second kappa shape index (κ2) is 10.5. The molecule has 0 atom stereocenters. The number of fused-ring (bicyclic) bond motifs is 1. The summed E-state index contributed by atoms with van der Waals surface area (Å²) in [5.41, 5.74) is 0.843. The second-order valence-electron chi connectivity index (χ2n) is 5.66. The van der Waals surface area contributed by atoms with Gasteiger partial charge in [0, 0.05) is 30.5 Å². The summed E-state index contributed by atoms with van der Waals surface area (Å²) < 4.78 is 0.764. The summed E-state index contributed by atoms with van der Waals surface area (Å²) >= 11 is 3.30. The molecule has 0 bridgehead atoms. The van der Waals surface area contributed by atoms with Gasteiger partial charge in [-0.15, -0.1) is 12.4 Å². The van der Waals surface area contributed by atoms with Gasteiger partial charge in [0.15, 0.2) is 0 Å². The van der Waals surface area contributed by atoms with E-state index in [1.54, 1.807) is 18.2 Å². The maximum Gasteiger partial charge on any atom is 0.261 e. The van der Waals surface area contributed by atoms with Crippen molar-refractivity contribution in [3.8, 4) is 0 Å². The molecule has 1 aliphatic rings. The van der Waals surface area contributed by atoms with Crippen molar-refractivity contribution in [2.24, 2.45) is 0 Å². The molecule has 2 rings (SSSR count). The monoisotopic (exact) mass is 431 g/mol. The average molecular weight is 433 g/mol. The van der Waals surface area contributed by atoms with Crippen LogP contribution in [-0.4, -0.2) is 48.8 Å². The lowest BCUT2D eigenvalue weighted by molar-refractivity contribution is -0.121. The van der Waals surface area contributed by atoms with Gasteiger partial charge in [0.05, 0.1) is 11.1 Å². The fourth-order valence-corrected chi connectivity index (χ4v) is 2.91. The first kappa shape index (κ1) is 21.6. The third-order valence-corrected chi connectivity index (χ3v) is 4.26. The van der Waals surface area contributed by atoms with Crippen molar-refractivity contribution in [3.05, 3.63) is 33.8 Å². The number of carbonyl (C=O) groups is 3. The van der Waals surface area contributed by atoms with Crippen LogP contribution in [0.15, 0.2) is 22.7 Å². The molecular formula is C17H23BrClN3O3. The quantitative estimate of drug-likeness (QED) is 0.464. The highest BCUT2D eigenvalue weighted by molar-refractivity contribution is 9.10. The van der Waals surface area contributed by atoms with Crippen molar-refractivity contribution in [1.82, 2.24) is 15.5 Å². The number of hydrogen-bond donors (Lipinski definition) is 2. The number of halogens is 2. The van der Waals surface area contributed by atoms with E-state index in [0.717, 1.165) is 24.0 Å². The molecule has 1 aliphatic heterocycles. The van der Waals surface area contributed by atoms with Gasteiger partial charge in [-0.25, -0.2) is 0 Å². The Bertz CT molecular complexity index is 640. The Morgan fingerprint density at radius 3 is 2.56 bits per heavy atom. The van der Waals surface area contributed by atoms with Gasteiger partial charge in [-0.1, -0.05) is 22.9 Å².